The number of morpholine rings is 1. The fourth-order valence-corrected chi connectivity index (χ4v) is 3.36. The van der Waals surface area contributed by atoms with Crippen LogP contribution in [0.4, 0.5) is 0 Å². The Labute approximate surface area is 160 Å². The van der Waals surface area contributed by atoms with Gasteiger partial charge in [0, 0.05) is 44.6 Å². The monoisotopic (exact) mass is 452 g/mol. The molecule has 5 nitrogen and oxygen atoms in total. The van der Waals surface area contributed by atoms with E-state index in [1.54, 1.807) is 0 Å². The third kappa shape index (κ3) is 8.32. The number of hydrogen-bond acceptors (Lipinski definition) is 4. The molecule has 1 aromatic rings. The highest BCUT2D eigenvalue weighted by molar-refractivity contribution is 14.0. The van der Waals surface area contributed by atoms with E-state index in [-0.39, 0.29) is 24.0 Å². The highest BCUT2D eigenvalue weighted by Crippen LogP contribution is 2.13. The van der Waals surface area contributed by atoms with E-state index in [2.05, 4.69) is 45.0 Å². The summed E-state index contributed by atoms with van der Waals surface area (Å²) >= 11 is 1.83. The van der Waals surface area contributed by atoms with Crippen LogP contribution >= 0.6 is 35.3 Å². The van der Waals surface area contributed by atoms with Crippen LogP contribution in [0.15, 0.2) is 22.5 Å². The molecule has 2 N–H and O–H groups in total. The first-order chi connectivity index (χ1) is 10.8. The quantitative estimate of drug-likeness (QED) is 0.378. The van der Waals surface area contributed by atoms with Crippen LogP contribution in [-0.4, -0.2) is 63.8 Å². The van der Waals surface area contributed by atoms with Crippen LogP contribution < -0.4 is 10.6 Å². The number of nitrogens with zero attached hydrogens (tertiary/aromatic N) is 2. The van der Waals surface area contributed by atoms with Gasteiger partial charge in [-0.25, -0.2) is 0 Å². The lowest BCUT2D eigenvalue weighted by molar-refractivity contribution is 0.0389. The van der Waals surface area contributed by atoms with Crippen molar-refractivity contribution < 1.29 is 4.74 Å². The zero-order chi connectivity index (χ0) is 15.6. The molecule has 2 rings (SSSR count). The maximum Gasteiger partial charge on any atom is 0.191 e. The summed E-state index contributed by atoms with van der Waals surface area (Å²) in [5.74, 6) is 1.49. The molecule has 1 fully saturated rings. The van der Waals surface area contributed by atoms with Crippen molar-refractivity contribution in [2.75, 3.05) is 53.0 Å². The number of ether oxygens (including phenoxy) is 1. The average molecular weight is 452 g/mol. The number of rotatable bonds is 7. The number of guanidine groups is 1. The zero-order valence-electron chi connectivity index (χ0n) is 14.1. The van der Waals surface area contributed by atoms with Gasteiger partial charge in [-0.2, -0.15) is 0 Å². The molecule has 1 unspecified atom stereocenters. The summed E-state index contributed by atoms with van der Waals surface area (Å²) in [5, 5.41) is 8.95. The van der Waals surface area contributed by atoms with Crippen LogP contribution in [0.2, 0.25) is 0 Å². The molecule has 7 heteroatoms. The highest BCUT2D eigenvalue weighted by Gasteiger charge is 2.10. The van der Waals surface area contributed by atoms with Gasteiger partial charge in [0.2, 0.25) is 0 Å². The second-order valence-electron chi connectivity index (χ2n) is 5.72. The number of nitrogens with one attached hydrogen (secondary N) is 2. The first-order valence-corrected chi connectivity index (χ1v) is 8.93. The Bertz CT molecular complexity index is 435. The summed E-state index contributed by atoms with van der Waals surface area (Å²) in [6.45, 7) is 8.94. The second-order valence-corrected chi connectivity index (χ2v) is 6.75. The Kier molecular flexibility index (Phi) is 10.8. The molecule has 132 valence electrons. The van der Waals surface area contributed by atoms with Gasteiger partial charge in [-0.05, 0) is 23.8 Å². The van der Waals surface area contributed by atoms with E-state index in [0.717, 1.165) is 58.3 Å². The van der Waals surface area contributed by atoms with Crippen LogP contribution in [0.25, 0.3) is 0 Å². The van der Waals surface area contributed by atoms with Crippen molar-refractivity contribution in [3.8, 4) is 0 Å². The van der Waals surface area contributed by atoms with E-state index in [4.69, 9.17) is 4.74 Å². The highest BCUT2D eigenvalue weighted by atomic mass is 127. The van der Waals surface area contributed by atoms with E-state index >= 15 is 0 Å². The standard InChI is InChI=1S/C16H28N4OS.HI/c1-14(12-15-4-3-11-22-15)13-19-16(17-2)18-5-6-20-7-9-21-10-8-20;/h3-4,11,14H,5-10,12-13H2,1-2H3,(H2,17,18,19);1H. The summed E-state index contributed by atoms with van der Waals surface area (Å²) in [4.78, 5) is 8.16. The third-order valence-corrected chi connectivity index (χ3v) is 4.69. The van der Waals surface area contributed by atoms with Crippen molar-refractivity contribution in [2.45, 2.75) is 13.3 Å². The van der Waals surface area contributed by atoms with Gasteiger partial charge in [-0.3, -0.25) is 9.89 Å². The van der Waals surface area contributed by atoms with Crippen LogP contribution in [0.1, 0.15) is 11.8 Å². The molecular formula is C16H29IN4OS. The first kappa shape index (κ1) is 20.7. The maximum atomic E-state index is 5.36. The Morgan fingerprint density at radius 1 is 1.39 bits per heavy atom. The third-order valence-electron chi connectivity index (χ3n) is 3.80. The van der Waals surface area contributed by atoms with Gasteiger partial charge in [0.25, 0.3) is 0 Å². The lowest BCUT2D eigenvalue weighted by Gasteiger charge is -2.26. The van der Waals surface area contributed by atoms with Crippen molar-refractivity contribution in [2.24, 2.45) is 10.9 Å². The number of thiophene rings is 1. The van der Waals surface area contributed by atoms with Crippen molar-refractivity contribution in [1.82, 2.24) is 15.5 Å². The van der Waals surface area contributed by atoms with Gasteiger partial charge < -0.3 is 15.4 Å². The minimum atomic E-state index is 0. The number of halogens is 1. The molecule has 0 aromatic carbocycles. The minimum absolute atomic E-state index is 0. The Balaban J connectivity index is 0.00000264. The molecule has 0 spiro atoms. The fourth-order valence-electron chi connectivity index (χ4n) is 2.49. The van der Waals surface area contributed by atoms with E-state index < -0.39 is 0 Å². The Hall–Kier alpha value is -0.380. The molecule has 0 radical (unpaired) electrons. The van der Waals surface area contributed by atoms with Crippen LogP contribution in [-0.2, 0) is 11.2 Å². The topological polar surface area (TPSA) is 48.9 Å². The largest absolute Gasteiger partial charge is 0.379 e. The van der Waals surface area contributed by atoms with Gasteiger partial charge in [0.15, 0.2) is 5.96 Å². The van der Waals surface area contributed by atoms with Crippen LogP contribution in [0, 0.1) is 5.92 Å². The Morgan fingerprint density at radius 2 is 2.17 bits per heavy atom. The van der Waals surface area contributed by atoms with Crippen LogP contribution in [0.5, 0.6) is 0 Å². The molecule has 23 heavy (non-hydrogen) atoms. The number of aliphatic imine (C=N–C) groups is 1. The molecule has 1 atom stereocenters. The van der Waals surface area contributed by atoms with E-state index in [0.29, 0.717) is 5.92 Å². The van der Waals surface area contributed by atoms with Gasteiger partial charge in [0.1, 0.15) is 0 Å². The average Bonchev–Trinajstić information content (AvgIpc) is 3.04. The molecule has 1 aromatic heterocycles. The second kappa shape index (κ2) is 12.0. The van der Waals surface area contributed by atoms with Crippen LogP contribution in [0.3, 0.4) is 0 Å². The lowest BCUT2D eigenvalue weighted by atomic mass is 10.1. The van der Waals surface area contributed by atoms with Gasteiger partial charge in [-0.1, -0.05) is 13.0 Å². The van der Waals surface area contributed by atoms with Crippen molar-refractivity contribution in [3.63, 3.8) is 0 Å². The van der Waals surface area contributed by atoms with Crippen molar-refractivity contribution >= 4 is 41.3 Å². The number of hydrogen-bond donors (Lipinski definition) is 2. The van der Waals surface area contributed by atoms with Gasteiger partial charge in [-0.15, -0.1) is 35.3 Å². The van der Waals surface area contributed by atoms with Crippen molar-refractivity contribution in [3.05, 3.63) is 22.4 Å². The summed E-state index contributed by atoms with van der Waals surface area (Å²) in [6.07, 6.45) is 1.12. The van der Waals surface area contributed by atoms with Gasteiger partial charge >= 0.3 is 0 Å². The maximum absolute atomic E-state index is 5.36. The van der Waals surface area contributed by atoms with E-state index in [1.807, 2.05) is 18.4 Å². The predicted octanol–water partition coefficient (Wildman–Crippen LogP) is 2.04. The zero-order valence-corrected chi connectivity index (χ0v) is 17.2. The summed E-state index contributed by atoms with van der Waals surface area (Å²) in [7, 11) is 1.83. The van der Waals surface area contributed by atoms with E-state index in [1.165, 1.54) is 4.88 Å². The molecule has 0 saturated carbocycles. The van der Waals surface area contributed by atoms with E-state index in [9.17, 15) is 0 Å². The molecular weight excluding hydrogens is 423 g/mol. The summed E-state index contributed by atoms with van der Waals surface area (Å²) in [6, 6.07) is 4.32. The smallest absolute Gasteiger partial charge is 0.191 e. The molecule has 2 heterocycles. The fraction of sp³-hybridized carbons (Fsp3) is 0.688. The summed E-state index contributed by atoms with van der Waals surface area (Å²) in [5.41, 5.74) is 0. The molecule has 0 bridgehead atoms. The summed E-state index contributed by atoms with van der Waals surface area (Å²) < 4.78 is 5.36. The van der Waals surface area contributed by atoms with Gasteiger partial charge in [0.05, 0.1) is 13.2 Å². The lowest BCUT2D eigenvalue weighted by Crippen LogP contribution is -2.45. The first-order valence-electron chi connectivity index (χ1n) is 8.05. The van der Waals surface area contributed by atoms with Crippen molar-refractivity contribution in [1.29, 1.82) is 0 Å². The molecule has 1 aliphatic heterocycles. The normalized spacial score (nSPS) is 17.4. The molecule has 1 aliphatic rings. The molecule has 0 aliphatic carbocycles. The predicted molar refractivity (Wildman–Crippen MR) is 109 cm³/mol. The molecule has 0 amide bonds. The Morgan fingerprint density at radius 3 is 2.83 bits per heavy atom. The SMILES string of the molecule is CN=C(NCCN1CCOCC1)NCC(C)Cc1cccs1.I. The molecule has 1 saturated heterocycles. The minimum Gasteiger partial charge on any atom is -0.379 e.